The van der Waals surface area contributed by atoms with Gasteiger partial charge in [0.05, 0.1) is 32.7 Å². The van der Waals surface area contributed by atoms with Crippen LogP contribution >= 0.6 is 0 Å². The Hall–Kier alpha value is -4.38. The van der Waals surface area contributed by atoms with E-state index in [1.165, 1.54) is 56.6 Å². The molecular weight excluding hydrogens is 549 g/mol. The summed E-state index contributed by atoms with van der Waals surface area (Å²) in [5.74, 6) is 0.0104. The van der Waals surface area contributed by atoms with E-state index >= 15 is 0 Å². The molecule has 0 saturated carbocycles. The van der Waals surface area contributed by atoms with Gasteiger partial charge in [-0.25, -0.2) is 21.6 Å². The average Bonchev–Trinajstić information content (AvgIpc) is 3.36. The van der Waals surface area contributed by atoms with Gasteiger partial charge >= 0.3 is 6.09 Å². The van der Waals surface area contributed by atoms with Crippen molar-refractivity contribution in [3.8, 4) is 33.9 Å². The topological polar surface area (TPSA) is 100.0 Å². The number of carbonyl (C=O) groups is 1. The van der Waals surface area contributed by atoms with Crippen molar-refractivity contribution in [3.63, 3.8) is 0 Å². The lowest BCUT2D eigenvalue weighted by molar-refractivity contribution is 0.0285. The number of nitrogens with zero attached hydrogens (tertiary/aromatic N) is 3. The van der Waals surface area contributed by atoms with Crippen LogP contribution in [0.4, 0.5) is 9.18 Å². The molecule has 11 heteroatoms. The monoisotopic (exact) mass is 581 g/mol. The molecule has 0 saturated heterocycles. The Morgan fingerprint density at radius 2 is 1.73 bits per heavy atom. The molecule has 0 unspecified atom stereocenters. The van der Waals surface area contributed by atoms with E-state index in [1.807, 2.05) is 0 Å². The molecule has 1 amide bonds. The molecule has 0 radical (unpaired) electrons. The predicted octanol–water partition coefficient (Wildman–Crippen LogP) is 5.98. The summed E-state index contributed by atoms with van der Waals surface area (Å²) >= 11 is 0. The number of carbonyl (C=O) groups excluding carboxylic acids is 1. The molecule has 216 valence electrons. The minimum atomic E-state index is -4.35. The number of benzene rings is 2. The smallest absolute Gasteiger partial charge is 0.410 e. The first-order valence-electron chi connectivity index (χ1n) is 12.7. The standard InChI is InChI=1S/C30H32FN3O6S/c1-30(2,3)40-29(35)33(4)18-20-13-26(24-9-7-8-10-25(24)31)34(19-20)41(36,37)28-15-21(11-12-27(28)39-6)22-14-23(38-5)17-32-16-22/h7-17,19H,18H2,1-6H3. The third-order valence-corrected chi connectivity index (χ3v) is 7.79. The Bertz CT molecular complexity index is 1680. The highest BCUT2D eigenvalue weighted by Gasteiger charge is 2.28. The molecule has 0 aliphatic heterocycles. The van der Waals surface area contributed by atoms with Gasteiger partial charge in [0.25, 0.3) is 10.0 Å². The summed E-state index contributed by atoms with van der Waals surface area (Å²) in [6.45, 7) is 5.27. The minimum Gasteiger partial charge on any atom is -0.495 e. The van der Waals surface area contributed by atoms with E-state index in [4.69, 9.17) is 14.2 Å². The molecule has 0 N–H and O–H groups in total. The van der Waals surface area contributed by atoms with Crippen molar-refractivity contribution in [3.05, 3.63) is 84.6 Å². The molecule has 4 aromatic rings. The molecule has 0 atom stereocenters. The first-order valence-corrected chi connectivity index (χ1v) is 14.1. The van der Waals surface area contributed by atoms with Crippen LogP contribution in [0.2, 0.25) is 0 Å². The van der Waals surface area contributed by atoms with Gasteiger partial charge in [0.2, 0.25) is 0 Å². The van der Waals surface area contributed by atoms with E-state index < -0.39 is 27.5 Å². The lowest BCUT2D eigenvalue weighted by Crippen LogP contribution is -2.33. The molecule has 0 fully saturated rings. The Morgan fingerprint density at radius 1 is 1.00 bits per heavy atom. The average molecular weight is 582 g/mol. The van der Waals surface area contributed by atoms with Crippen molar-refractivity contribution in [2.75, 3.05) is 21.3 Å². The SMILES string of the molecule is COc1cncc(-c2ccc(OC)c(S(=O)(=O)n3cc(CN(C)C(=O)OC(C)(C)C)cc3-c3ccccc3F)c2)c1. The van der Waals surface area contributed by atoms with E-state index in [-0.39, 0.29) is 28.4 Å². The number of halogens is 1. The van der Waals surface area contributed by atoms with Crippen LogP contribution in [-0.2, 0) is 21.3 Å². The van der Waals surface area contributed by atoms with Crippen LogP contribution in [0, 0.1) is 5.82 Å². The van der Waals surface area contributed by atoms with E-state index in [0.717, 1.165) is 3.97 Å². The normalized spacial score (nSPS) is 11.7. The van der Waals surface area contributed by atoms with Crippen molar-refractivity contribution in [1.82, 2.24) is 13.9 Å². The summed E-state index contributed by atoms with van der Waals surface area (Å²) in [6.07, 6.45) is 3.92. The van der Waals surface area contributed by atoms with Crippen molar-refractivity contribution < 1.29 is 31.8 Å². The van der Waals surface area contributed by atoms with Crippen molar-refractivity contribution >= 4 is 16.1 Å². The maximum Gasteiger partial charge on any atom is 0.410 e. The summed E-state index contributed by atoms with van der Waals surface area (Å²) in [5, 5.41) is 0. The van der Waals surface area contributed by atoms with Gasteiger partial charge < -0.3 is 19.1 Å². The van der Waals surface area contributed by atoms with Crippen LogP contribution in [-0.4, -0.2) is 55.2 Å². The zero-order valence-electron chi connectivity index (χ0n) is 23.7. The maximum absolute atomic E-state index is 15.0. The first-order chi connectivity index (χ1) is 19.3. The summed E-state index contributed by atoms with van der Waals surface area (Å²) < 4.78 is 60.6. The summed E-state index contributed by atoms with van der Waals surface area (Å²) in [5.41, 5.74) is 1.09. The molecule has 41 heavy (non-hydrogen) atoms. The quantitative estimate of drug-likeness (QED) is 0.252. The van der Waals surface area contributed by atoms with Gasteiger partial charge in [-0.05, 0) is 68.3 Å². The number of rotatable bonds is 8. The second-order valence-electron chi connectivity index (χ2n) is 10.3. The molecule has 2 aromatic carbocycles. The van der Waals surface area contributed by atoms with Gasteiger partial charge in [0, 0.05) is 30.6 Å². The molecule has 2 aromatic heterocycles. The molecule has 9 nitrogen and oxygen atoms in total. The lowest BCUT2D eigenvalue weighted by atomic mass is 10.1. The number of hydrogen-bond acceptors (Lipinski definition) is 7. The molecular formula is C30H32FN3O6S. The summed E-state index contributed by atoms with van der Waals surface area (Å²) in [6, 6.07) is 13.9. The van der Waals surface area contributed by atoms with E-state index in [2.05, 4.69) is 4.98 Å². The fourth-order valence-corrected chi connectivity index (χ4v) is 5.76. The Labute approximate surface area is 239 Å². The van der Waals surface area contributed by atoms with Gasteiger partial charge in [-0.2, -0.15) is 0 Å². The largest absolute Gasteiger partial charge is 0.495 e. The molecule has 0 aliphatic carbocycles. The van der Waals surface area contributed by atoms with Gasteiger partial charge in [-0.1, -0.05) is 18.2 Å². The van der Waals surface area contributed by atoms with Crippen LogP contribution in [0.5, 0.6) is 11.5 Å². The molecule has 0 aliphatic rings. The molecule has 4 rings (SSSR count). The third kappa shape index (κ3) is 6.51. The van der Waals surface area contributed by atoms with Gasteiger partial charge in [-0.3, -0.25) is 4.98 Å². The number of amides is 1. The Morgan fingerprint density at radius 3 is 2.39 bits per heavy atom. The third-order valence-electron chi connectivity index (χ3n) is 6.10. The first kappa shape index (κ1) is 29.6. The Kier molecular flexibility index (Phi) is 8.39. The van der Waals surface area contributed by atoms with Crippen LogP contribution in [0.1, 0.15) is 26.3 Å². The van der Waals surface area contributed by atoms with E-state index in [9.17, 15) is 17.6 Å². The zero-order chi connectivity index (χ0) is 29.9. The van der Waals surface area contributed by atoms with Crippen molar-refractivity contribution in [2.24, 2.45) is 0 Å². The molecule has 0 bridgehead atoms. The maximum atomic E-state index is 15.0. The fraction of sp³-hybridized carbons (Fsp3) is 0.267. The second kappa shape index (κ2) is 11.6. The molecule has 0 spiro atoms. The molecule has 2 heterocycles. The number of pyridine rings is 1. The highest BCUT2D eigenvalue weighted by Crippen LogP contribution is 2.35. The fourth-order valence-electron chi connectivity index (χ4n) is 4.18. The highest BCUT2D eigenvalue weighted by atomic mass is 32.2. The number of methoxy groups -OCH3 is 2. The summed E-state index contributed by atoms with van der Waals surface area (Å²) in [4.78, 5) is 17.9. The Balaban J connectivity index is 1.85. The van der Waals surface area contributed by atoms with Crippen LogP contribution in [0.3, 0.4) is 0 Å². The lowest BCUT2D eigenvalue weighted by Gasteiger charge is -2.24. The van der Waals surface area contributed by atoms with Gasteiger partial charge in [0.1, 0.15) is 27.8 Å². The van der Waals surface area contributed by atoms with E-state index in [1.54, 1.807) is 63.5 Å². The second-order valence-corrected chi connectivity index (χ2v) is 12.1. The highest BCUT2D eigenvalue weighted by molar-refractivity contribution is 7.90. The zero-order valence-corrected chi connectivity index (χ0v) is 24.5. The van der Waals surface area contributed by atoms with Gasteiger partial charge in [-0.15, -0.1) is 0 Å². The number of hydrogen-bond donors (Lipinski definition) is 0. The van der Waals surface area contributed by atoms with Crippen LogP contribution in [0.25, 0.3) is 22.4 Å². The van der Waals surface area contributed by atoms with Crippen molar-refractivity contribution in [1.29, 1.82) is 0 Å². The number of ether oxygens (including phenoxy) is 3. The van der Waals surface area contributed by atoms with Crippen molar-refractivity contribution in [2.45, 2.75) is 37.8 Å². The number of aromatic nitrogens is 2. The van der Waals surface area contributed by atoms with Crippen LogP contribution in [0.15, 0.2) is 78.1 Å². The van der Waals surface area contributed by atoms with E-state index in [0.29, 0.717) is 22.4 Å². The summed E-state index contributed by atoms with van der Waals surface area (Å²) in [7, 11) is 0.0737. The van der Waals surface area contributed by atoms with Crippen LogP contribution < -0.4 is 9.47 Å². The minimum absolute atomic E-state index is 0.0194. The van der Waals surface area contributed by atoms with Gasteiger partial charge in [0.15, 0.2) is 0 Å². The predicted molar refractivity (Wildman–Crippen MR) is 153 cm³/mol.